The number of phenols is 1. The largest absolute Gasteiger partial charge is 0.508 e. The maximum absolute atomic E-state index is 12.6. The Balaban J connectivity index is 1.15. The highest BCUT2D eigenvalue weighted by Crippen LogP contribution is 2.61. The molecule has 1 saturated carbocycles. The van der Waals surface area contributed by atoms with Crippen molar-refractivity contribution in [2.45, 2.75) is 92.4 Å². The van der Waals surface area contributed by atoms with E-state index in [1.807, 2.05) is 0 Å². The van der Waals surface area contributed by atoms with Crippen LogP contribution in [0.1, 0.15) is 12.5 Å². The number of carbonyl (C=O) groups excluding carboxylic acids is 1. The second-order valence-electron chi connectivity index (χ2n) is 12.0. The van der Waals surface area contributed by atoms with Gasteiger partial charge >= 0.3 is 5.97 Å². The van der Waals surface area contributed by atoms with Crippen LogP contribution in [0.15, 0.2) is 42.7 Å². The predicted octanol–water partition coefficient (Wildman–Crippen LogP) is -2.77. The molecule has 16 heteroatoms. The van der Waals surface area contributed by atoms with Crippen LogP contribution in [0.5, 0.6) is 5.75 Å². The number of rotatable bonds is 9. The highest BCUT2D eigenvalue weighted by molar-refractivity contribution is 5.87. The Kier molecular flexibility index (Phi) is 9.43. The van der Waals surface area contributed by atoms with Crippen LogP contribution < -0.4 is 0 Å². The Morgan fingerprint density at radius 2 is 1.61 bits per heavy atom. The normalized spacial score (nSPS) is 46.4. The Morgan fingerprint density at radius 3 is 2.30 bits per heavy atom. The standard InChI is InChI=1S/C30H38O16/c1-12-19(35)25(43-17(34)7-4-13-2-5-14(33)6-3-13)23(39)29(41-12)44-24-15-8-9-40-27(18(15)30(11-32)26(24)46-30)45-28-22(38)21(37)20(36)16(10-31)42-28/h2-9,12,15-16,18-29,31-33,35-39H,10-11H2,1H3/b7-4+/t12-,15?,16+,18?,19-,20+,21-,22+,23+,24-,25+,26-,27-,28-,29-,30+/m0/s1. The molecule has 0 radical (unpaired) electrons. The van der Waals surface area contributed by atoms with Crippen LogP contribution in [0.4, 0.5) is 0 Å². The van der Waals surface area contributed by atoms with Gasteiger partial charge in [0.2, 0.25) is 6.29 Å². The van der Waals surface area contributed by atoms with Gasteiger partial charge in [-0.05, 0) is 36.8 Å². The molecule has 16 nitrogen and oxygen atoms in total. The molecule has 5 aliphatic rings. The smallest absolute Gasteiger partial charge is 0.331 e. The third-order valence-electron chi connectivity index (χ3n) is 9.23. The molecule has 1 aromatic rings. The van der Waals surface area contributed by atoms with Crippen LogP contribution >= 0.6 is 0 Å². The molecule has 2 unspecified atom stereocenters. The van der Waals surface area contributed by atoms with E-state index in [0.29, 0.717) is 5.56 Å². The van der Waals surface area contributed by atoms with Gasteiger partial charge in [-0.3, -0.25) is 0 Å². The zero-order chi connectivity index (χ0) is 32.9. The lowest BCUT2D eigenvalue weighted by Gasteiger charge is -2.44. The van der Waals surface area contributed by atoms with Gasteiger partial charge in [-0.15, -0.1) is 0 Å². The molecular weight excluding hydrogens is 616 g/mol. The highest BCUT2D eigenvalue weighted by Gasteiger charge is 2.77. The Labute approximate surface area is 262 Å². The first-order valence-electron chi connectivity index (χ1n) is 14.9. The second kappa shape index (κ2) is 13.1. The first-order valence-corrected chi connectivity index (χ1v) is 14.9. The topological polar surface area (TPSA) is 247 Å². The van der Waals surface area contributed by atoms with E-state index in [0.717, 1.165) is 6.08 Å². The lowest BCUT2D eigenvalue weighted by Crippen LogP contribution is -2.60. The summed E-state index contributed by atoms with van der Waals surface area (Å²) in [6.07, 6.45) is -11.8. The summed E-state index contributed by atoms with van der Waals surface area (Å²) in [5, 5.41) is 82.0. The number of aliphatic hydroxyl groups is 7. The lowest BCUT2D eigenvalue weighted by atomic mass is 9.85. The average Bonchev–Trinajstić information content (AvgIpc) is 3.72. The van der Waals surface area contributed by atoms with Gasteiger partial charge in [0.1, 0.15) is 54.1 Å². The van der Waals surface area contributed by atoms with Crippen molar-refractivity contribution >= 4 is 12.0 Å². The number of carbonyl (C=O) groups is 1. The summed E-state index contributed by atoms with van der Waals surface area (Å²) in [6.45, 7) is 0.370. The number of esters is 1. The third kappa shape index (κ3) is 5.93. The molecule has 254 valence electrons. The minimum Gasteiger partial charge on any atom is -0.508 e. The number of benzene rings is 1. The lowest BCUT2D eigenvalue weighted by molar-refractivity contribution is -0.347. The van der Waals surface area contributed by atoms with Crippen molar-refractivity contribution < 1.29 is 78.8 Å². The van der Waals surface area contributed by atoms with Crippen LogP contribution in [0.3, 0.4) is 0 Å². The molecule has 0 aromatic heterocycles. The van der Waals surface area contributed by atoms with E-state index >= 15 is 0 Å². The number of hydrogen-bond acceptors (Lipinski definition) is 16. The van der Waals surface area contributed by atoms with Gasteiger partial charge in [0.15, 0.2) is 18.7 Å². The van der Waals surface area contributed by atoms with Crippen LogP contribution in [-0.4, -0.2) is 146 Å². The van der Waals surface area contributed by atoms with Crippen molar-refractivity contribution in [3.8, 4) is 5.75 Å². The van der Waals surface area contributed by atoms with Crippen LogP contribution in [0.2, 0.25) is 0 Å². The Hall–Kier alpha value is -2.71. The quantitative estimate of drug-likeness (QED) is 0.0763. The summed E-state index contributed by atoms with van der Waals surface area (Å²) in [4.78, 5) is 12.6. The number of hydrogen-bond donors (Lipinski definition) is 8. The SMILES string of the molecule is C[C@@H]1O[C@@H](O[C@H]2C3C=CO[C@@H](O[C@@H]4O[C@H](CO)[C@@H](O)[C@H](O)[C@H]4O)C3[C@@]3(CO)O[C@@H]23)[C@H](O)[C@H](OC(=O)/C=C/c2ccc(O)cc2)[C@H]1O. The Morgan fingerprint density at radius 1 is 0.891 bits per heavy atom. The molecule has 4 fully saturated rings. The average molecular weight is 655 g/mol. The van der Waals surface area contributed by atoms with Crippen molar-refractivity contribution in [1.29, 1.82) is 0 Å². The molecule has 16 atom stereocenters. The minimum atomic E-state index is -1.70. The first-order chi connectivity index (χ1) is 22.0. The summed E-state index contributed by atoms with van der Waals surface area (Å²) < 4.78 is 40.3. The van der Waals surface area contributed by atoms with Gasteiger partial charge in [0.25, 0.3) is 0 Å². The fourth-order valence-corrected chi connectivity index (χ4v) is 6.64. The van der Waals surface area contributed by atoms with E-state index in [9.17, 15) is 45.6 Å². The van der Waals surface area contributed by atoms with Crippen LogP contribution in [0, 0.1) is 11.8 Å². The zero-order valence-corrected chi connectivity index (χ0v) is 24.5. The van der Waals surface area contributed by atoms with Gasteiger partial charge in [-0.2, -0.15) is 0 Å². The summed E-state index contributed by atoms with van der Waals surface area (Å²) >= 11 is 0. The fraction of sp³-hybridized carbons (Fsp3) is 0.633. The van der Waals surface area contributed by atoms with Crippen molar-refractivity contribution in [3.63, 3.8) is 0 Å². The number of epoxide rings is 1. The molecule has 46 heavy (non-hydrogen) atoms. The van der Waals surface area contributed by atoms with E-state index in [-0.39, 0.29) is 5.75 Å². The monoisotopic (exact) mass is 654 g/mol. The zero-order valence-electron chi connectivity index (χ0n) is 24.5. The predicted molar refractivity (Wildman–Crippen MR) is 149 cm³/mol. The molecule has 3 saturated heterocycles. The third-order valence-corrected chi connectivity index (χ3v) is 9.23. The molecule has 0 bridgehead atoms. The molecule has 4 aliphatic heterocycles. The number of aliphatic hydroxyl groups excluding tert-OH is 7. The summed E-state index contributed by atoms with van der Waals surface area (Å²) in [6, 6.07) is 6.05. The van der Waals surface area contributed by atoms with Gasteiger partial charge < -0.3 is 74.0 Å². The maximum Gasteiger partial charge on any atom is 0.331 e. The van der Waals surface area contributed by atoms with E-state index in [4.69, 9.17) is 33.2 Å². The van der Waals surface area contributed by atoms with Crippen LogP contribution in [-0.2, 0) is 38.0 Å². The first kappa shape index (κ1) is 33.2. The molecule has 4 heterocycles. The summed E-state index contributed by atoms with van der Waals surface area (Å²) in [5.41, 5.74) is -0.627. The molecular formula is C30H38O16. The van der Waals surface area contributed by atoms with Gasteiger partial charge in [0, 0.05) is 12.0 Å². The number of fused-ring (bicyclic) bond motifs is 3. The summed E-state index contributed by atoms with van der Waals surface area (Å²) in [7, 11) is 0. The van der Waals surface area contributed by atoms with Crippen molar-refractivity contribution in [3.05, 3.63) is 48.2 Å². The van der Waals surface area contributed by atoms with E-state index in [2.05, 4.69) is 0 Å². The van der Waals surface area contributed by atoms with E-state index < -0.39 is 117 Å². The number of ether oxygens (including phenoxy) is 7. The van der Waals surface area contributed by atoms with Crippen molar-refractivity contribution in [2.75, 3.05) is 13.2 Å². The van der Waals surface area contributed by atoms with Crippen molar-refractivity contribution in [1.82, 2.24) is 0 Å². The van der Waals surface area contributed by atoms with Crippen molar-refractivity contribution in [2.24, 2.45) is 11.8 Å². The van der Waals surface area contributed by atoms with Gasteiger partial charge in [0.05, 0.1) is 37.6 Å². The number of phenolic OH excluding ortho intramolecular Hbond substituents is 1. The molecule has 6 rings (SSSR count). The molecule has 8 N–H and O–H groups in total. The van der Waals surface area contributed by atoms with Gasteiger partial charge in [-0.25, -0.2) is 4.79 Å². The summed E-state index contributed by atoms with van der Waals surface area (Å²) in [5.74, 6) is -2.12. The molecule has 1 aliphatic carbocycles. The van der Waals surface area contributed by atoms with E-state index in [1.54, 1.807) is 18.2 Å². The molecule has 0 spiro atoms. The second-order valence-corrected chi connectivity index (χ2v) is 12.0. The molecule has 1 aromatic carbocycles. The maximum atomic E-state index is 12.6. The molecule has 0 amide bonds. The van der Waals surface area contributed by atoms with Crippen LogP contribution in [0.25, 0.3) is 6.08 Å². The fourth-order valence-electron chi connectivity index (χ4n) is 6.64. The van der Waals surface area contributed by atoms with Gasteiger partial charge in [-0.1, -0.05) is 12.1 Å². The Bertz CT molecular complexity index is 1290. The van der Waals surface area contributed by atoms with E-state index in [1.165, 1.54) is 31.4 Å². The highest BCUT2D eigenvalue weighted by atomic mass is 16.8. The minimum absolute atomic E-state index is 0.0581. The number of aromatic hydroxyl groups is 1.